The lowest BCUT2D eigenvalue weighted by Crippen LogP contribution is -2.53. The van der Waals surface area contributed by atoms with Crippen molar-refractivity contribution >= 4 is 40.6 Å². The summed E-state index contributed by atoms with van der Waals surface area (Å²) in [5.74, 6) is -2.88. The van der Waals surface area contributed by atoms with Gasteiger partial charge in [-0.25, -0.2) is 9.37 Å². The van der Waals surface area contributed by atoms with E-state index in [0.717, 1.165) is 6.07 Å². The molecule has 1 saturated heterocycles. The molecule has 3 aromatic rings. The Morgan fingerprint density at radius 3 is 2.50 bits per heavy atom. The SMILES string of the molecule is CN(c1ncc(-c2cc(C(N)=O)ccc2Cl)cc1N1CC(C(F)(F)F)C1)C(O)c1c(F)cccc1Cl. The van der Waals surface area contributed by atoms with Gasteiger partial charge in [0.1, 0.15) is 5.82 Å². The van der Waals surface area contributed by atoms with Gasteiger partial charge in [0.05, 0.1) is 22.2 Å². The number of aromatic nitrogens is 1. The molecule has 1 aliphatic rings. The van der Waals surface area contributed by atoms with Crippen molar-refractivity contribution in [2.45, 2.75) is 12.4 Å². The van der Waals surface area contributed by atoms with Crippen LogP contribution in [0.4, 0.5) is 29.1 Å². The number of pyridine rings is 1. The predicted octanol–water partition coefficient (Wildman–Crippen LogP) is 5.42. The molecule has 3 N–H and O–H groups in total. The van der Waals surface area contributed by atoms with Crippen LogP contribution >= 0.6 is 23.2 Å². The second-order valence-corrected chi connectivity index (χ2v) is 9.20. The summed E-state index contributed by atoms with van der Waals surface area (Å²) < 4.78 is 54.0. The number of amides is 1. The minimum absolute atomic E-state index is 0.0244. The van der Waals surface area contributed by atoms with Crippen molar-refractivity contribution in [1.82, 2.24) is 4.98 Å². The van der Waals surface area contributed by atoms with Gasteiger partial charge >= 0.3 is 6.18 Å². The number of anilines is 2. The lowest BCUT2D eigenvalue weighted by atomic mass is 9.97. The third-order valence-electron chi connectivity index (χ3n) is 6.05. The number of nitrogens with zero attached hydrogens (tertiary/aromatic N) is 3. The number of carbonyl (C=O) groups excluding carboxylic acids is 1. The van der Waals surface area contributed by atoms with Crippen molar-refractivity contribution in [2.24, 2.45) is 11.7 Å². The maximum absolute atomic E-state index is 14.4. The summed E-state index contributed by atoms with van der Waals surface area (Å²) in [6.45, 7) is -0.665. The Morgan fingerprint density at radius 2 is 1.89 bits per heavy atom. The van der Waals surface area contributed by atoms with Crippen molar-refractivity contribution in [3.05, 3.63) is 75.7 Å². The zero-order chi connectivity index (χ0) is 26.4. The van der Waals surface area contributed by atoms with Crippen LogP contribution in [0.1, 0.15) is 22.1 Å². The largest absolute Gasteiger partial charge is 0.395 e. The van der Waals surface area contributed by atoms with Crippen LogP contribution in [0.15, 0.2) is 48.7 Å². The molecule has 36 heavy (non-hydrogen) atoms. The average molecular weight is 543 g/mol. The first-order valence-corrected chi connectivity index (χ1v) is 11.4. The van der Waals surface area contributed by atoms with E-state index >= 15 is 0 Å². The molecule has 1 fully saturated rings. The van der Waals surface area contributed by atoms with Crippen molar-refractivity contribution in [3.63, 3.8) is 0 Å². The molecule has 0 saturated carbocycles. The number of primary amides is 1. The first kappa shape index (κ1) is 26.0. The number of hydrogen-bond donors (Lipinski definition) is 2. The molecule has 0 radical (unpaired) electrons. The third-order valence-corrected chi connectivity index (χ3v) is 6.71. The van der Waals surface area contributed by atoms with E-state index in [0.29, 0.717) is 11.1 Å². The molecule has 4 rings (SSSR count). The Bertz CT molecular complexity index is 1300. The van der Waals surface area contributed by atoms with Crippen LogP contribution < -0.4 is 15.5 Å². The van der Waals surface area contributed by atoms with Gasteiger partial charge in [0.2, 0.25) is 5.91 Å². The lowest BCUT2D eigenvalue weighted by Gasteiger charge is -2.43. The van der Waals surface area contributed by atoms with E-state index in [9.17, 15) is 27.5 Å². The van der Waals surface area contributed by atoms with Gasteiger partial charge in [-0.3, -0.25) is 4.79 Å². The maximum Gasteiger partial charge on any atom is 0.395 e. The summed E-state index contributed by atoms with van der Waals surface area (Å²) >= 11 is 12.4. The number of rotatable bonds is 6. The van der Waals surface area contributed by atoms with Crippen molar-refractivity contribution in [3.8, 4) is 11.1 Å². The van der Waals surface area contributed by atoms with Gasteiger partial charge in [0.25, 0.3) is 0 Å². The Balaban J connectivity index is 1.78. The van der Waals surface area contributed by atoms with Crippen LogP contribution in [0, 0.1) is 11.7 Å². The molecule has 0 spiro atoms. The molecule has 12 heteroatoms. The lowest BCUT2D eigenvalue weighted by molar-refractivity contribution is -0.180. The highest BCUT2D eigenvalue weighted by Crippen LogP contribution is 2.43. The van der Waals surface area contributed by atoms with Gasteiger partial charge in [-0.15, -0.1) is 0 Å². The summed E-state index contributed by atoms with van der Waals surface area (Å²) in [5, 5.41) is 11.1. The highest BCUT2D eigenvalue weighted by Gasteiger charge is 2.48. The van der Waals surface area contributed by atoms with Crippen LogP contribution in [0.3, 0.4) is 0 Å². The Hall–Kier alpha value is -3.08. The topological polar surface area (TPSA) is 82.7 Å². The molecule has 1 unspecified atom stereocenters. The number of aliphatic hydroxyl groups is 1. The van der Waals surface area contributed by atoms with Gasteiger partial charge < -0.3 is 20.6 Å². The highest BCUT2D eigenvalue weighted by molar-refractivity contribution is 6.33. The van der Waals surface area contributed by atoms with Gasteiger partial charge in [-0.2, -0.15) is 13.2 Å². The Morgan fingerprint density at radius 1 is 1.19 bits per heavy atom. The quantitative estimate of drug-likeness (QED) is 0.321. The zero-order valence-corrected chi connectivity index (χ0v) is 20.2. The minimum atomic E-state index is -4.37. The van der Waals surface area contributed by atoms with Gasteiger partial charge in [0, 0.05) is 48.0 Å². The van der Waals surface area contributed by atoms with Crippen LogP contribution in [-0.4, -0.2) is 42.3 Å². The molecule has 2 aromatic carbocycles. The highest BCUT2D eigenvalue weighted by atomic mass is 35.5. The summed E-state index contributed by atoms with van der Waals surface area (Å²) in [5.41, 5.74) is 6.40. The number of carbonyl (C=O) groups is 1. The number of alkyl halides is 3. The maximum atomic E-state index is 14.4. The fourth-order valence-corrected chi connectivity index (χ4v) is 4.43. The van der Waals surface area contributed by atoms with Gasteiger partial charge in [-0.1, -0.05) is 29.3 Å². The fourth-order valence-electron chi connectivity index (χ4n) is 3.95. The van der Waals surface area contributed by atoms with E-state index in [1.807, 2.05) is 0 Å². The Labute approximate surface area is 213 Å². The average Bonchev–Trinajstić information content (AvgIpc) is 2.76. The van der Waals surface area contributed by atoms with E-state index in [1.165, 1.54) is 53.4 Å². The first-order valence-electron chi connectivity index (χ1n) is 10.6. The fraction of sp³-hybridized carbons (Fsp3) is 0.250. The molecule has 1 amide bonds. The minimum Gasteiger partial charge on any atom is -0.369 e. The van der Waals surface area contributed by atoms with E-state index in [-0.39, 0.29) is 45.8 Å². The summed E-state index contributed by atoms with van der Waals surface area (Å²) in [7, 11) is 1.42. The van der Waals surface area contributed by atoms with Crippen LogP contribution in [0.5, 0.6) is 0 Å². The second-order valence-electron chi connectivity index (χ2n) is 8.39. The molecule has 1 aliphatic heterocycles. The molecular formula is C24H20Cl2F4N4O2. The molecule has 0 aliphatic carbocycles. The predicted molar refractivity (Wildman–Crippen MR) is 130 cm³/mol. The normalized spacial score (nSPS) is 14.9. The number of halogens is 6. The first-order chi connectivity index (χ1) is 16.9. The summed E-state index contributed by atoms with van der Waals surface area (Å²) in [6.07, 6.45) is -4.57. The zero-order valence-electron chi connectivity index (χ0n) is 18.7. The Kier molecular flexibility index (Phi) is 7.05. The van der Waals surface area contributed by atoms with E-state index in [2.05, 4.69) is 4.98 Å². The molecule has 190 valence electrons. The van der Waals surface area contributed by atoms with Crippen molar-refractivity contribution in [2.75, 3.05) is 29.9 Å². The van der Waals surface area contributed by atoms with E-state index < -0.39 is 30.0 Å². The number of benzene rings is 2. The van der Waals surface area contributed by atoms with Gasteiger partial charge in [-0.05, 0) is 36.4 Å². The second kappa shape index (κ2) is 9.76. The smallest absolute Gasteiger partial charge is 0.369 e. The monoisotopic (exact) mass is 542 g/mol. The molecule has 6 nitrogen and oxygen atoms in total. The molecule has 2 heterocycles. The number of aliphatic hydroxyl groups excluding tert-OH is 1. The molecule has 1 aromatic heterocycles. The van der Waals surface area contributed by atoms with Gasteiger partial charge in [0.15, 0.2) is 12.0 Å². The van der Waals surface area contributed by atoms with E-state index in [4.69, 9.17) is 28.9 Å². The standard InChI is InChI=1S/C24H20Cl2F4N4O2/c1-33(23(36)20-17(26)3-2-4-18(20)27)22-19(34-10-14(11-34)24(28,29)30)8-13(9-32-22)15-7-12(21(31)35)5-6-16(15)25/h2-9,14,23,36H,10-11H2,1H3,(H2,31,35). The molecular weight excluding hydrogens is 523 g/mol. The van der Waals surface area contributed by atoms with E-state index in [1.54, 1.807) is 6.07 Å². The van der Waals surface area contributed by atoms with Crippen molar-refractivity contribution < 1.29 is 27.5 Å². The van der Waals surface area contributed by atoms with Crippen molar-refractivity contribution in [1.29, 1.82) is 0 Å². The summed E-state index contributed by atoms with van der Waals surface area (Å²) in [6, 6.07) is 9.85. The van der Waals surface area contributed by atoms with Crippen LogP contribution in [0.2, 0.25) is 10.0 Å². The number of nitrogens with two attached hydrogens (primary N) is 1. The summed E-state index contributed by atoms with van der Waals surface area (Å²) in [4.78, 5) is 18.7. The van der Waals surface area contributed by atoms with Crippen LogP contribution in [0.25, 0.3) is 11.1 Å². The number of hydrogen-bond acceptors (Lipinski definition) is 5. The van der Waals surface area contributed by atoms with Crippen LogP contribution in [-0.2, 0) is 0 Å². The molecule has 1 atom stereocenters. The molecule has 0 bridgehead atoms. The third kappa shape index (κ3) is 4.93.